The van der Waals surface area contributed by atoms with E-state index in [1.54, 1.807) is 17.4 Å². The minimum absolute atomic E-state index is 0.0670. The molecule has 0 atom stereocenters. The third-order valence-electron chi connectivity index (χ3n) is 3.72. The largest absolute Gasteiger partial charge is 0.322 e. The summed E-state index contributed by atoms with van der Waals surface area (Å²) in [6.45, 7) is 0. The van der Waals surface area contributed by atoms with Gasteiger partial charge in [-0.05, 0) is 36.4 Å². The molecule has 1 N–H and O–H groups in total. The maximum atomic E-state index is 12.4. The Balaban J connectivity index is 1.62. The van der Waals surface area contributed by atoms with E-state index in [4.69, 9.17) is 23.2 Å². The number of hydrogen-bond donors (Lipinski definition) is 1. The molecule has 2 aromatic carbocycles. The van der Waals surface area contributed by atoms with Gasteiger partial charge < -0.3 is 5.32 Å². The van der Waals surface area contributed by atoms with Crippen molar-refractivity contribution in [3.8, 4) is 10.6 Å². The molecule has 0 bridgehead atoms. The van der Waals surface area contributed by atoms with E-state index in [9.17, 15) is 4.79 Å². The van der Waals surface area contributed by atoms with Gasteiger partial charge in [-0.15, -0.1) is 11.3 Å². The zero-order chi connectivity index (χ0) is 18.1. The summed E-state index contributed by atoms with van der Waals surface area (Å²) in [6.07, 6.45) is 0. The van der Waals surface area contributed by atoms with Crippen molar-refractivity contribution in [1.29, 1.82) is 0 Å². The van der Waals surface area contributed by atoms with Crippen LogP contribution in [0.25, 0.3) is 20.8 Å². The Morgan fingerprint density at radius 3 is 2.62 bits per heavy atom. The molecule has 0 aliphatic carbocycles. The van der Waals surface area contributed by atoms with E-state index in [2.05, 4.69) is 15.3 Å². The van der Waals surface area contributed by atoms with Crippen LogP contribution in [-0.4, -0.2) is 15.9 Å². The number of carbonyl (C=O) groups is 1. The topological polar surface area (TPSA) is 54.9 Å². The van der Waals surface area contributed by atoms with Crippen molar-refractivity contribution in [2.45, 2.75) is 0 Å². The van der Waals surface area contributed by atoms with Gasteiger partial charge in [0.2, 0.25) is 0 Å². The van der Waals surface area contributed by atoms with Crippen molar-refractivity contribution in [3.05, 3.63) is 76.5 Å². The van der Waals surface area contributed by atoms with Gasteiger partial charge in [0.05, 0.1) is 15.8 Å². The lowest BCUT2D eigenvalue weighted by molar-refractivity contribution is 0.102. The molecule has 0 saturated heterocycles. The number of rotatable bonds is 3. The fourth-order valence-electron chi connectivity index (χ4n) is 2.51. The predicted molar refractivity (Wildman–Crippen MR) is 107 cm³/mol. The molecule has 0 saturated carbocycles. The van der Waals surface area contributed by atoms with Gasteiger partial charge in [-0.25, -0.2) is 9.97 Å². The average Bonchev–Trinajstić information content (AvgIpc) is 3.06. The number of nitrogens with one attached hydrogen (secondary N) is 1. The lowest BCUT2D eigenvalue weighted by Gasteiger charge is -2.07. The van der Waals surface area contributed by atoms with E-state index in [0.29, 0.717) is 5.69 Å². The van der Waals surface area contributed by atoms with Crippen molar-refractivity contribution in [3.63, 3.8) is 0 Å². The lowest BCUT2D eigenvalue weighted by Crippen LogP contribution is -2.13. The number of carbonyl (C=O) groups excluding carboxylic acids is 1. The predicted octanol–water partition coefficient (Wildman–Crippen LogP) is 5.92. The fraction of sp³-hybridized carbons (Fsp3) is 0. The van der Waals surface area contributed by atoms with Gasteiger partial charge in [0, 0.05) is 11.3 Å². The molecule has 1 amide bonds. The molecule has 4 aromatic rings. The third kappa shape index (κ3) is 3.42. The lowest BCUT2D eigenvalue weighted by atomic mass is 10.2. The summed E-state index contributed by atoms with van der Waals surface area (Å²) in [5, 5.41) is 4.04. The van der Waals surface area contributed by atoms with Gasteiger partial charge in [-0.1, -0.05) is 47.5 Å². The number of aromatic nitrogens is 2. The van der Waals surface area contributed by atoms with Gasteiger partial charge in [0.25, 0.3) is 5.91 Å². The molecule has 2 aromatic heterocycles. The maximum absolute atomic E-state index is 12.4. The highest BCUT2D eigenvalue weighted by atomic mass is 35.5. The number of amides is 1. The second kappa shape index (κ2) is 7.03. The highest BCUT2D eigenvalue weighted by molar-refractivity contribution is 7.21. The zero-order valence-electron chi connectivity index (χ0n) is 13.2. The first-order valence-corrected chi connectivity index (χ1v) is 9.27. The van der Waals surface area contributed by atoms with Gasteiger partial charge >= 0.3 is 0 Å². The van der Waals surface area contributed by atoms with E-state index in [1.165, 1.54) is 6.07 Å². The number of benzene rings is 2. The molecule has 4 nitrogen and oxygen atoms in total. The van der Waals surface area contributed by atoms with Crippen LogP contribution in [0.2, 0.25) is 10.3 Å². The molecule has 2 heterocycles. The van der Waals surface area contributed by atoms with Crippen LogP contribution in [-0.2, 0) is 0 Å². The monoisotopic (exact) mass is 399 g/mol. The molecular weight excluding hydrogens is 389 g/mol. The minimum atomic E-state index is -0.347. The van der Waals surface area contributed by atoms with Gasteiger partial charge in [0.1, 0.15) is 15.3 Å². The van der Waals surface area contributed by atoms with E-state index >= 15 is 0 Å². The molecule has 0 radical (unpaired) electrons. The van der Waals surface area contributed by atoms with E-state index in [0.717, 1.165) is 20.8 Å². The number of halogens is 2. The first-order valence-electron chi connectivity index (χ1n) is 7.69. The quantitative estimate of drug-likeness (QED) is 0.435. The number of hydrogen-bond acceptors (Lipinski definition) is 4. The molecule has 0 fully saturated rings. The van der Waals surface area contributed by atoms with Gasteiger partial charge in [0.15, 0.2) is 0 Å². The van der Waals surface area contributed by atoms with Crippen LogP contribution in [0, 0.1) is 0 Å². The smallest absolute Gasteiger partial charge is 0.258 e. The Kier molecular flexibility index (Phi) is 4.59. The Bertz CT molecular complexity index is 1090. The van der Waals surface area contributed by atoms with Crippen molar-refractivity contribution < 1.29 is 4.79 Å². The molecule has 0 spiro atoms. The Hall–Kier alpha value is -2.47. The first kappa shape index (κ1) is 17.0. The normalized spacial score (nSPS) is 10.8. The summed E-state index contributed by atoms with van der Waals surface area (Å²) < 4.78 is 1.12. The van der Waals surface area contributed by atoms with Crippen LogP contribution < -0.4 is 5.32 Å². The molecule has 0 aliphatic rings. The highest BCUT2D eigenvalue weighted by Gasteiger charge is 2.13. The Labute approximate surface area is 163 Å². The highest BCUT2D eigenvalue weighted by Crippen LogP contribution is 2.31. The van der Waals surface area contributed by atoms with Crippen molar-refractivity contribution in [2.75, 3.05) is 5.32 Å². The average molecular weight is 400 g/mol. The summed E-state index contributed by atoms with van der Waals surface area (Å²) in [7, 11) is 0. The minimum Gasteiger partial charge on any atom is -0.322 e. The van der Waals surface area contributed by atoms with Gasteiger partial charge in [-0.2, -0.15) is 0 Å². The van der Waals surface area contributed by atoms with Crippen LogP contribution in [0.5, 0.6) is 0 Å². The van der Waals surface area contributed by atoms with Crippen LogP contribution >= 0.6 is 34.5 Å². The number of thiazole rings is 1. The van der Waals surface area contributed by atoms with Crippen LogP contribution in [0.15, 0.2) is 60.7 Å². The zero-order valence-corrected chi connectivity index (χ0v) is 15.6. The maximum Gasteiger partial charge on any atom is 0.258 e. The summed E-state index contributed by atoms with van der Waals surface area (Å²) in [4.78, 5) is 21.0. The summed E-state index contributed by atoms with van der Waals surface area (Å²) in [5.41, 5.74) is 2.81. The number of anilines is 1. The van der Waals surface area contributed by atoms with Crippen LogP contribution in [0.4, 0.5) is 5.69 Å². The van der Waals surface area contributed by atoms with Crippen LogP contribution in [0.1, 0.15) is 10.4 Å². The molecule has 0 unspecified atom stereocenters. The summed E-state index contributed by atoms with van der Waals surface area (Å²) in [5.74, 6) is -0.347. The Morgan fingerprint density at radius 1 is 0.962 bits per heavy atom. The SMILES string of the molecule is O=C(Nc1cccc(-c2nc3ccccc3s2)c1)c1ccc(Cl)nc1Cl. The number of para-hydroxylation sites is 1. The Morgan fingerprint density at radius 2 is 1.81 bits per heavy atom. The number of pyridine rings is 1. The van der Waals surface area contributed by atoms with Crippen molar-refractivity contribution >= 4 is 56.3 Å². The molecule has 26 heavy (non-hydrogen) atoms. The molecule has 128 valence electrons. The molecule has 0 aliphatic heterocycles. The van der Waals surface area contributed by atoms with Gasteiger partial charge in [-0.3, -0.25) is 4.79 Å². The van der Waals surface area contributed by atoms with Crippen molar-refractivity contribution in [1.82, 2.24) is 9.97 Å². The van der Waals surface area contributed by atoms with E-state index in [-0.39, 0.29) is 21.8 Å². The standard InChI is InChI=1S/C19H11Cl2N3OS/c20-16-9-8-13(17(21)24-16)18(25)22-12-5-3-4-11(10-12)19-23-14-6-1-2-7-15(14)26-19/h1-10H,(H,22,25). The molecular formula is C19H11Cl2N3OS. The summed E-state index contributed by atoms with van der Waals surface area (Å²) >= 11 is 13.4. The third-order valence-corrected chi connectivity index (χ3v) is 5.30. The van der Waals surface area contributed by atoms with E-state index in [1.807, 2.05) is 48.5 Å². The fourth-order valence-corrected chi connectivity index (χ4v) is 3.90. The van der Waals surface area contributed by atoms with E-state index < -0.39 is 0 Å². The van der Waals surface area contributed by atoms with Crippen LogP contribution in [0.3, 0.4) is 0 Å². The first-order chi connectivity index (χ1) is 12.6. The number of nitrogens with zero attached hydrogens (tertiary/aromatic N) is 2. The molecule has 4 rings (SSSR count). The number of fused-ring (bicyclic) bond motifs is 1. The molecule has 7 heteroatoms. The summed E-state index contributed by atoms with van der Waals surface area (Å²) in [6, 6.07) is 18.6. The second-order valence-corrected chi connectivity index (χ2v) is 7.27. The second-order valence-electron chi connectivity index (χ2n) is 5.49. The van der Waals surface area contributed by atoms with Crippen molar-refractivity contribution in [2.24, 2.45) is 0 Å².